The molecule has 0 saturated heterocycles. The van der Waals surface area contributed by atoms with Crippen molar-refractivity contribution >= 4 is 17.2 Å². The molecule has 0 aliphatic heterocycles. The van der Waals surface area contributed by atoms with E-state index in [1.165, 1.54) is 15.3 Å². The summed E-state index contributed by atoms with van der Waals surface area (Å²) in [6.07, 6.45) is 3.06. The lowest BCUT2D eigenvalue weighted by molar-refractivity contribution is 0.0957. The minimum absolute atomic E-state index is 0.107. The van der Waals surface area contributed by atoms with Crippen molar-refractivity contribution in [1.82, 2.24) is 15.5 Å². The topological polar surface area (TPSA) is 57.8 Å². The Morgan fingerprint density at radius 2 is 2.33 bits per heavy atom. The number of carbonyl (C=O) groups excluding carboxylic acids is 1. The Labute approximate surface area is 109 Å². The zero-order valence-electron chi connectivity index (χ0n) is 10.5. The maximum Gasteiger partial charge on any atom is 0.271 e. The predicted octanol–water partition coefficient (Wildman–Crippen LogP) is 2.29. The molecule has 0 spiro atoms. The molecule has 1 aliphatic carbocycles. The van der Waals surface area contributed by atoms with Crippen LogP contribution in [-0.4, -0.2) is 23.2 Å². The van der Waals surface area contributed by atoms with Gasteiger partial charge in [-0.05, 0) is 37.8 Å². The zero-order chi connectivity index (χ0) is 12.7. The molecule has 2 heterocycles. The summed E-state index contributed by atoms with van der Waals surface area (Å²) in [4.78, 5) is 14.3. The Kier molecular flexibility index (Phi) is 2.70. The van der Waals surface area contributed by atoms with Crippen molar-refractivity contribution in [3.8, 4) is 10.6 Å². The quantitative estimate of drug-likeness (QED) is 0.827. The maximum absolute atomic E-state index is 11.8. The number of nitrogens with zero attached hydrogens (tertiary/aromatic N) is 1. The number of hydrogen-bond donors (Lipinski definition) is 2. The third-order valence-corrected chi connectivity index (χ3v) is 4.45. The van der Waals surface area contributed by atoms with Crippen molar-refractivity contribution in [2.24, 2.45) is 0 Å². The molecule has 94 valence electrons. The van der Waals surface area contributed by atoms with E-state index in [2.05, 4.69) is 28.5 Å². The van der Waals surface area contributed by atoms with Gasteiger partial charge in [-0.1, -0.05) is 0 Å². The second-order valence-corrected chi connectivity index (χ2v) is 5.83. The van der Waals surface area contributed by atoms with E-state index in [0.29, 0.717) is 5.69 Å². The van der Waals surface area contributed by atoms with Crippen molar-refractivity contribution < 1.29 is 4.79 Å². The van der Waals surface area contributed by atoms with Crippen molar-refractivity contribution in [3.63, 3.8) is 0 Å². The molecule has 4 nitrogen and oxygen atoms in total. The van der Waals surface area contributed by atoms with Crippen LogP contribution in [0.25, 0.3) is 10.6 Å². The second-order valence-electron chi connectivity index (χ2n) is 4.57. The Morgan fingerprint density at radius 1 is 1.50 bits per heavy atom. The largest absolute Gasteiger partial charge is 0.354 e. The number of H-pyrrole nitrogens is 1. The maximum atomic E-state index is 11.8. The lowest BCUT2D eigenvalue weighted by Gasteiger charge is -2.00. The van der Waals surface area contributed by atoms with E-state index in [1.54, 1.807) is 18.4 Å². The molecule has 5 heteroatoms. The van der Waals surface area contributed by atoms with Crippen molar-refractivity contribution in [3.05, 3.63) is 27.8 Å². The van der Waals surface area contributed by atoms with Crippen molar-refractivity contribution in [1.29, 1.82) is 0 Å². The van der Waals surface area contributed by atoms with E-state index in [0.717, 1.165) is 30.5 Å². The average molecular weight is 261 g/mol. The fourth-order valence-corrected chi connectivity index (χ4v) is 3.61. The van der Waals surface area contributed by atoms with Gasteiger partial charge in [0.2, 0.25) is 0 Å². The second kappa shape index (κ2) is 4.24. The van der Waals surface area contributed by atoms with Crippen LogP contribution in [0.3, 0.4) is 0 Å². The fraction of sp³-hybridized carbons (Fsp3) is 0.385. The molecule has 0 atom stereocenters. The number of carbonyl (C=O) groups is 1. The van der Waals surface area contributed by atoms with Crippen LogP contribution in [0.5, 0.6) is 0 Å². The minimum atomic E-state index is -0.107. The van der Waals surface area contributed by atoms with Crippen LogP contribution in [0.15, 0.2) is 6.07 Å². The van der Waals surface area contributed by atoms with Crippen LogP contribution in [0, 0.1) is 6.92 Å². The van der Waals surface area contributed by atoms with Gasteiger partial charge in [0, 0.05) is 17.5 Å². The van der Waals surface area contributed by atoms with Crippen LogP contribution >= 0.6 is 11.3 Å². The molecule has 0 fully saturated rings. The van der Waals surface area contributed by atoms with Gasteiger partial charge in [0.1, 0.15) is 0 Å². The first-order valence-electron chi connectivity index (χ1n) is 6.09. The standard InChI is InChI=1S/C13H15N3OS/c1-7-6-8-4-3-5-9-10(12(8)18-7)15-16-11(9)13(17)14-2/h6H,3-5H2,1-2H3,(H,14,17)(H,15,16). The number of nitrogens with one attached hydrogen (secondary N) is 2. The molecule has 0 radical (unpaired) electrons. The number of aromatic nitrogens is 2. The van der Waals surface area contributed by atoms with Gasteiger partial charge in [0.15, 0.2) is 5.69 Å². The molecule has 0 unspecified atom stereocenters. The van der Waals surface area contributed by atoms with Gasteiger partial charge in [-0.3, -0.25) is 9.89 Å². The fourth-order valence-electron chi connectivity index (χ4n) is 2.52. The third kappa shape index (κ3) is 1.66. The molecule has 2 aromatic rings. The first kappa shape index (κ1) is 11.5. The van der Waals surface area contributed by atoms with Crippen LogP contribution in [0.1, 0.15) is 32.9 Å². The van der Waals surface area contributed by atoms with E-state index in [9.17, 15) is 4.79 Å². The van der Waals surface area contributed by atoms with Gasteiger partial charge >= 0.3 is 0 Å². The summed E-state index contributed by atoms with van der Waals surface area (Å²) in [7, 11) is 1.64. The van der Waals surface area contributed by atoms with Gasteiger partial charge in [-0.15, -0.1) is 11.3 Å². The predicted molar refractivity (Wildman–Crippen MR) is 72.1 cm³/mol. The highest BCUT2D eigenvalue weighted by Crippen LogP contribution is 2.38. The number of aromatic amines is 1. The Morgan fingerprint density at radius 3 is 3.11 bits per heavy atom. The number of amides is 1. The summed E-state index contributed by atoms with van der Waals surface area (Å²) in [5, 5.41) is 9.89. The normalized spacial score (nSPS) is 13.7. The smallest absolute Gasteiger partial charge is 0.271 e. The molecule has 2 aromatic heterocycles. The molecule has 3 rings (SSSR count). The van der Waals surface area contributed by atoms with Crippen molar-refractivity contribution in [2.45, 2.75) is 26.2 Å². The average Bonchev–Trinajstić information content (AvgIpc) is 2.89. The zero-order valence-corrected chi connectivity index (χ0v) is 11.3. The first-order chi connectivity index (χ1) is 8.70. The van der Waals surface area contributed by atoms with Crippen LogP contribution in [-0.2, 0) is 12.8 Å². The van der Waals surface area contributed by atoms with E-state index < -0.39 is 0 Å². The molecule has 18 heavy (non-hydrogen) atoms. The summed E-state index contributed by atoms with van der Waals surface area (Å²) < 4.78 is 0. The summed E-state index contributed by atoms with van der Waals surface area (Å²) in [6, 6.07) is 2.25. The Balaban J connectivity index is 2.17. The van der Waals surface area contributed by atoms with E-state index in [4.69, 9.17) is 0 Å². The lowest BCUT2D eigenvalue weighted by atomic mass is 10.1. The van der Waals surface area contributed by atoms with E-state index >= 15 is 0 Å². The third-order valence-electron chi connectivity index (χ3n) is 3.34. The summed E-state index contributed by atoms with van der Waals surface area (Å²) in [6.45, 7) is 2.12. The van der Waals surface area contributed by atoms with Gasteiger partial charge in [0.25, 0.3) is 5.91 Å². The van der Waals surface area contributed by atoms with Crippen LogP contribution < -0.4 is 5.32 Å². The van der Waals surface area contributed by atoms with Gasteiger partial charge < -0.3 is 5.32 Å². The summed E-state index contributed by atoms with van der Waals surface area (Å²) in [5.41, 5.74) is 4.03. The summed E-state index contributed by atoms with van der Waals surface area (Å²) in [5.74, 6) is -0.107. The highest BCUT2D eigenvalue weighted by atomic mass is 32.1. The number of aryl methyl sites for hydroxylation is 2. The van der Waals surface area contributed by atoms with Gasteiger partial charge in [-0.2, -0.15) is 5.10 Å². The van der Waals surface area contributed by atoms with Crippen molar-refractivity contribution in [2.75, 3.05) is 7.05 Å². The number of fused-ring (bicyclic) bond motifs is 3. The van der Waals surface area contributed by atoms with Gasteiger partial charge in [0.05, 0.1) is 10.6 Å². The molecular weight excluding hydrogens is 246 g/mol. The summed E-state index contributed by atoms with van der Waals surface area (Å²) >= 11 is 1.78. The molecule has 0 saturated carbocycles. The van der Waals surface area contributed by atoms with Crippen LogP contribution in [0.4, 0.5) is 0 Å². The van der Waals surface area contributed by atoms with E-state index in [-0.39, 0.29) is 5.91 Å². The SMILES string of the molecule is CNC(=O)c1n[nH]c2c1CCCc1cc(C)sc1-2. The molecular formula is C13H15N3OS. The lowest BCUT2D eigenvalue weighted by Crippen LogP contribution is -2.19. The van der Waals surface area contributed by atoms with E-state index in [1.807, 2.05) is 0 Å². The number of rotatable bonds is 1. The molecule has 0 bridgehead atoms. The Bertz CT molecular complexity index is 612. The highest BCUT2D eigenvalue weighted by Gasteiger charge is 2.24. The minimum Gasteiger partial charge on any atom is -0.354 e. The first-order valence-corrected chi connectivity index (χ1v) is 6.91. The van der Waals surface area contributed by atoms with Gasteiger partial charge in [-0.25, -0.2) is 0 Å². The molecule has 1 aliphatic rings. The molecule has 2 N–H and O–H groups in total. The highest BCUT2D eigenvalue weighted by molar-refractivity contribution is 7.15. The Hall–Kier alpha value is -1.62. The number of thiophene rings is 1. The molecule has 1 amide bonds. The van der Waals surface area contributed by atoms with Crippen LogP contribution in [0.2, 0.25) is 0 Å². The molecule has 0 aromatic carbocycles. The monoisotopic (exact) mass is 261 g/mol. The number of hydrogen-bond acceptors (Lipinski definition) is 3.